The molecule has 4 nitrogen and oxygen atoms in total. The molecule has 0 spiro atoms. The van der Waals surface area contributed by atoms with Crippen molar-refractivity contribution < 1.29 is 24.2 Å². The van der Waals surface area contributed by atoms with Gasteiger partial charge in [-0.15, -0.1) is 0 Å². The largest absolute Gasteiger partial charge is 0.479 e. The maximum Gasteiger partial charge on any atom is 0.337 e. The van der Waals surface area contributed by atoms with E-state index in [0.717, 1.165) is 6.07 Å². The van der Waals surface area contributed by atoms with Crippen LogP contribution in [0.25, 0.3) is 0 Å². The monoisotopic (exact) mass is 226 g/mol. The van der Waals surface area contributed by atoms with Gasteiger partial charge in [0.05, 0.1) is 5.56 Å². The molecule has 5 heteroatoms. The van der Waals surface area contributed by atoms with Crippen LogP contribution in [0.1, 0.15) is 35.4 Å². The zero-order chi connectivity index (χ0) is 12.3. The number of carboxylic acid groups (broad SMARTS) is 1. The van der Waals surface area contributed by atoms with Gasteiger partial charge in [0.25, 0.3) is 0 Å². The van der Waals surface area contributed by atoms with E-state index in [1.165, 1.54) is 12.1 Å². The predicted octanol–water partition coefficient (Wildman–Crippen LogP) is 1.54. The maximum absolute atomic E-state index is 13.4. The Hall–Kier alpha value is -1.75. The summed E-state index contributed by atoms with van der Waals surface area (Å²) in [5, 5.41) is 17.7. The molecule has 16 heavy (non-hydrogen) atoms. The van der Waals surface area contributed by atoms with E-state index in [9.17, 15) is 14.0 Å². The summed E-state index contributed by atoms with van der Waals surface area (Å²) in [4.78, 5) is 21.7. The molecule has 1 aromatic rings. The Balaban J connectivity index is 3.08. The smallest absolute Gasteiger partial charge is 0.337 e. The highest BCUT2D eigenvalue weighted by atomic mass is 19.1. The molecule has 1 rings (SSSR count). The number of hydrogen-bond acceptors (Lipinski definition) is 3. The summed E-state index contributed by atoms with van der Waals surface area (Å²) in [6.45, 7) is 1.60. The molecule has 0 radical (unpaired) electrons. The first-order valence-electron chi connectivity index (χ1n) is 4.71. The van der Waals surface area contributed by atoms with E-state index < -0.39 is 17.9 Å². The molecule has 0 heterocycles. The number of benzene rings is 1. The van der Waals surface area contributed by atoms with Crippen molar-refractivity contribution in [3.8, 4) is 0 Å². The standard InChI is InChI=1S/C11H11FO4/c1-2-9(13)7-4-3-6(5-8(7)12)10(14)11(15)16/h3-5,10,14H,2H2,1H3,(H,15,16). The molecule has 86 valence electrons. The van der Waals surface area contributed by atoms with Crippen molar-refractivity contribution in [1.29, 1.82) is 0 Å². The van der Waals surface area contributed by atoms with Crippen LogP contribution in [0.2, 0.25) is 0 Å². The van der Waals surface area contributed by atoms with Crippen molar-refractivity contribution in [2.24, 2.45) is 0 Å². The van der Waals surface area contributed by atoms with Gasteiger partial charge in [0.15, 0.2) is 11.9 Å². The number of aliphatic hydroxyl groups excluding tert-OH is 1. The molecule has 1 unspecified atom stereocenters. The third-order valence-electron chi connectivity index (χ3n) is 2.16. The minimum Gasteiger partial charge on any atom is -0.479 e. The van der Waals surface area contributed by atoms with Crippen LogP contribution in [-0.4, -0.2) is 22.0 Å². The number of Topliss-reactive ketones (excluding diaryl/α,β-unsaturated/α-hetero) is 1. The van der Waals surface area contributed by atoms with Gasteiger partial charge in [-0.25, -0.2) is 9.18 Å². The molecule has 0 fully saturated rings. The number of carbonyl (C=O) groups is 2. The molecule has 0 amide bonds. The lowest BCUT2D eigenvalue weighted by molar-refractivity contribution is -0.146. The van der Waals surface area contributed by atoms with Crippen LogP contribution in [0, 0.1) is 5.82 Å². The average molecular weight is 226 g/mol. The quantitative estimate of drug-likeness (QED) is 0.763. The first kappa shape index (κ1) is 12.3. The summed E-state index contributed by atoms with van der Waals surface area (Å²) < 4.78 is 13.4. The van der Waals surface area contributed by atoms with Gasteiger partial charge in [-0.3, -0.25) is 4.79 Å². The number of carbonyl (C=O) groups excluding carboxylic acids is 1. The molecule has 0 saturated heterocycles. The SMILES string of the molecule is CCC(=O)c1ccc(C(O)C(=O)O)cc1F. The summed E-state index contributed by atoms with van der Waals surface area (Å²) in [6, 6.07) is 3.27. The van der Waals surface area contributed by atoms with Crippen molar-refractivity contribution in [2.45, 2.75) is 19.4 Å². The summed E-state index contributed by atoms with van der Waals surface area (Å²) in [7, 11) is 0. The summed E-state index contributed by atoms with van der Waals surface area (Å²) in [5.41, 5.74) is -0.179. The lowest BCUT2D eigenvalue weighted by Gasteiger charge is -2.07. The number of rotatable bonds is 4. The second-order valence-corrected chi connectivity index (χ2v) is 3.26. The summed E-state index contributed by atoms with van der Waals surface area (Å²) in [5.74, 6) is -2.65. The summed E-state index contributed by atoms with van der Waals surface area (Å²) in [6.07, 6.45) is -1.61. The number of halogens is 1. The third kappa shape index (κ3) is 2.43. The fourth-order valence-electron chi connectivity index (χ4n) is 1.26. The molecule has 0 aromatic heterocycles. The van der Waals surface area contributed by atoms with E-state index >= 15 is 0 Å². The zero-order valence-corrected chi connectivity index (χ0v) is 8.61. The molecular weight excluding hydrogens is 215 g/mol. The predicted molar refractivity (Wildman–Crippen MR) is 53.6 cm³/mol. The third-order valence-corrected chi connectivity index (χ3v) is 2.16. The lowest BCUT2D eigenvalue weighted by Crippen LogP contribution is -2.11. The first-order chi connectivity index (χ1) is 7.47. The highest BCUT2D eigenvalue weighted by molar-refractivity contribution is 5.96. The minimum absolute atomic E-state index is 0.0855. The van der Waals surface area contributed by atoms with Gasteiger partial charge in [0, 0.05) is 6.42 Å². The van der Waals surface area contributed by atoms with Crippen molar-refractivity contribution in [2.75, 3.05) is 0 Å². The Bertz CT molecular complexity index is 428. The number of hydrogen-bond donors (Lipinski definition) is 2. The van der Waals surface area contributed by atoms with Crippen molar-refractivity contribution in [3.63, 3.8) is 0 Å². The van der Waals surface area contributed by atoms with Gasteiger partial charge in [0.1, 0.15) is 5.82 Å². The van der Waals surface area contributed by atoms with Gasteiger partial charge in [-0.2, -0.15) is 0 Å². The van der Waals surface area contributed by atoms with E-state index in [1.54, 1.807) is 6.92 Å². The average Bonchev–Trinajstić information content (AvgIpc) is 2.26. The molecule has 0 aliphatic heterocycles. The maximum atomic E-state index is 13.4. The molecule has 1 aromatic carbocycles. The second-order valence-electron chi connectivity index (χ2n) is 3.26. The van der Waals surface area contributed by atoms with E-state index in [-0.39, 0.29) is 23.3 Å². The Morgan fingerprint density at radius 2 is 2.06 bits per heavy atom. The second kappa shape index (κ2) is 4.85. The van der Waals surface area contributed by atoms with Crippen LogP contribution in [-0.2, 0) is 4.79 Å². The van der Waals surface area contributed by atoms with E-state index in [2.05, 4.69) is 0 Å². The lowest BCUT2D eigenvalue weighted by atomic mass is 10.0. The van der Waals surface area contributed by atoms with Crippen molar-refractivity contribution >= 4 is 11.8 Å². The minimum atomic E-state index is -1.78. The van der Waals surface area contributed by atoms with Crippen LogP contribution in [0.3, 0.4) is 0 Å². The highest BCUT2D eigenvalue weighted by Crippen LogP contribution is 2.18. The van der Waals surface area contributed by atoms with Crippen LogP contribution in [0.4, 0.5) is 4.39 Å². The van der Waals surface area contributed by atoms with E-state index in [1.807, 2.05) is 0 Å². The number of aliphatic carboxylic acids is 1. The first-order valence-corrected chi connectivity index (χ1v) is 4.71. The number of ketones is 1. The molecule has 0 aliphatic carbocycles. The van der Waals surface area contributed by atoms with Crippen LogP contribution >= 0.6 is 0 Å². The molecule has 0 bridgehead atoms. The van der Waals surface area contributed by atoms with Gasteiger partial charge in [0.2, 0.25) is 0 Å². The Labute approximate surface area is 91.3 Å². The van der Waals surface area contributed by atoms with Crippen molar-refractivity contribution in [3.05, 3.63) is 35.1 Å². The van der Waals surface area contributed by atoms with Gasteiger partial charge in [-0.1, -0.05) is 13.0 Å². The number of aliphatic hydroxyl groups is 1. The van der Waals surface area contributed by atoms with Gasteiger partial charge >= 0.3 is 5.97 Å². The van der Waals surface area contributed by atoms with E-state index in [0.29, 0.717) is 0 Å². The van der Waals surface area contributed by atoms with Crippen LogP contribution in [0.15, 0.2) is 18.2 Å². The molecule has 1 atom stereocenters. The Morgan fingerprint density at radius 3 is 2.50 bits per heavy atom. The molecule has 0 aliphatic rings. The number of carboxylic acids is 1. The Morgan fingerprint density at radius 1 is 1.44 bits per heavy atom. The summed E-state index contributed by atoms with van der Waals surface area (Å²) >= 11 is 0. The topological polar surface area (TPSA) is 74.6 Å². The van der Waals surface area contributed by atoms with Gasteiger partial charge < -0.3 is 10.2 Å². The Kier molecular flexibility index (Phi) is 3.73. The molecule has 0 saturated carbocycles. The fraction of sp³-hybridized carbons (Fsp3) is 0.273. The normalized spacial score (nSPS) is 12.2. The van der Waals surface area contributed by atoms with Crippen LogP contribution < -0.4 is 0 Å². The fourth-order valence-corrected chi connectivity index (χ4v) is 1.26. The van der Waals surface area contributed by atoms with Gasteiger partial charge in [-0.05, 0) is 17.7 Å². The van der Waals surface area contributed by atoms with Crippen molar-refractivity contribution in [1.82, 2.24) is 0 Å². The zero-order valence-electron chi connectivity index (χ0n) is 8.61. The molecule has 2 N–H and O–H groups in total. The van der Waals surface area contributed by atoms with Crippen LogP contribution in [0.5, 0.6) is 0 Å². The highest BCUT2D eigenvalue weighted by Gasteiger charge is 2.18. The van der Waals surface area contributed by atoms with E-state index in [4.69, 9.17) is 10.2 Å². The molecular formula is C11H11FO4.